The largest absolute Gasteiger partial charge is 3.00 e. The quantitative estimate of drug-likeness (QED) is 0.0518. The van der Waals surface area contributed by atoms with Gasteiger partial charge in [-0.1, -0.05) is 97.1 Å². The van der Waals surface area contributed by atoms with Crippen LogP contribution in [0.1, 0.15) is 22.3 Å². The van der Waals surface area contributed by atoms with Crippen molar-refractivity contribution in [1.29, 1.82) is 0 Å². The molecule has 10 N–H and O–H groups in total. The van der Waals surface area contributed by atoms with Gasteiger partial charge >= 0.3 is 151 Å². The van der Waals surface area contributed by atoms with E-state index < -0.39 is 46.6 Å². The van der Waals surface area contributed by atoms with Gasteiger partial charge < -0.3 is 67.9 Å². The molecule has 0 aliphatic rings. The Morgan fingerprint density at radius 3 is 0.704 bits per heavy atom. The summed E-state index contributed by atoms with van der Waals surface area (Å²) in [5.74, 6) is -4.16. The molecule has 0 atom stereocenters. The van der Waals surface area contributed by atoms with Crippen LogP contribution < -0.4 is 157 Å². The molecular weight excluding hydrogens is 941 g/mol. The zero-order valence-corrected chi connectivity index (χ0v) is 41.6. The van der Waals surface area contributed by atoms with Crippen LogP contribution in [0, 0.1) is 0 Å². The van der Waals surface area contributed by atoms with Gasteiger partial charge in [0.2, 0.25) is 0 Å². The van der Waals surface area contributed by atoms with Crippen molar-refractivity contribution < 1.29 is 218 Å². The Hall–Kier alpha value is -1.59. The van der Waals surface area contributed by atoms with Crippen molar-refractivity contribution in [3.8, 4) is 23.0 Å². The number of aliphatic hydroxyl groups excluding tert-OH is 1. The molecule has 0 saturated carbocycles. The molecule has 0 radical (unpaired) electrons. The molecule has 4 aromatic rings. The Labute approximate surface area is 430 Å². The maximum atomic E-state index is 11.7. The molecule has 4 rings (SSSR count). The van der Waals surface area contributed by atoms with Crippen molar-refractivity contribution >= 4 is 23.6 Å². The van der Waals surface area contributed by atoms with E-state index in [1.807, 2.05) is 0 Å². The van der Waals surface area contributed by atoms with Gasteiger partial charge in [-0.05, 0) is 45.8 Å². The zero-order chi connectivity index (χ0) is 33.9. The average Bonchev–Trinajstić information content (AvgIpc) is 3.06. The summed E-state index contributed by atoms with van der Waals surface area (Å²) in [6.45, 7) is -0.111. The summed E-state index contributed by atoms with van der Waals surface area (Å²) in [4.78, 5) is 14.7. The first-order valence-corrected chi connectivity index (χ1v) is 13.5. The van der Waals surface area contributed by atoms with Gasteiger partial charge in [-0.15, -0.1) is 23.0 Å². The summed E-state index contributed by atoms with van der Waals surface area (Å²) < 4.78 is 0. The first kappa shape index (κ1) is 67.2. The minimum absolute atomic E-state index is 0. The van der Waals surface area contributed by atoms with E-state index in [1.54, 1.807) is 24.3 Å². The Morgan fingerprint density at radius 1 is 0.407 bits per heavy atom. The van der Waals surface area contributed by atoms with Gasteiger partial charge in [-0.25, -0.2) is 0 Å². The fourth-order valence-corrected chi connectivity index (χ4v) is 3.52. The van der Waals surface area contributed by atoms with Gasteiger partial charge in [-0.2, -0.15) is 0 Å². The van der Waals surface area contributed by atoms with Gasteiger partial charge in [0.25, 0.3) is 0 Å². The van der Waals surface area contributed by atoms with Crippen LogP contribution >= 0.6 is 0 Å². The van der Waals surface area contributed by atoms with Gasteiger partial charge in [0.1, 0.15) is 0 Å². The summed E-state index contributed by atoms with van der Waals surface area (Å²) >= 11 is 0. The first-order valence-electron chi connectivity index (χ1n) is 13.5. The smallest absolute Gasteiger partial charge is 0.872 e. The van der Waals surface area contributed by atoms with E-state index in [0.717, 1.165) is 7.11 Å². The number of hydrogen-bond donors (Lipinski definition) is 1. The van der Waals surface area contributed by atoms with Crippen molar-refractivity contribution in [3.63, 3.8) is 0 Å². The summed E-state index contributed by atoms with van der Waals surface area (Å²) in [5, 5.41) is 99.5. The Kier molecular flexibility index (Phi) is 47.6. The molecule has 0 aromatic heterocycles. The van der Waals surface area contributed by atoms with Crippen molar-refractivity contribution in [2.75, 3.05) is 33.3 Å². The van der Waals surface area contributed by atoms with Crippen molar-refractivity contribution in [2.24, 2.45) is 20.0 Å². The maximum absolute atomic E-state index is 11.7. The normalized spacial score (nSPS) is 10.2. The van der Waals surface area contributed by atoms with Crippen LogP contribution in [0.15, 0.2) is 117 Å². The van der Waals surface area contributed by atoms with Crippen LogP contribution in [0.2, 0.25) is 0 Å². The summed E-state index contributed by atoms with van der Waals surface area (Å²) in [7, 11) is 1.00. The molecule has 0 unspecified atom stereocenters. The van der Waals surface area contributed by atoms with Crippen LogP contribution in [-0.4, -0.2) is 78.4 Å². The molecule has 0 aliphatic heterocycles. The molecule has 17 nitrogen and oxygen atoms in total. The molecule has 21 heteroatoms. The van der Waals surface area contributed by atoms with E-state index in [9.17, 15) is 40.9 Å². The summed E-state index contributed by atoms with van der Waals surface area (Å²) in [5.41, 5.74) is -0.0603. The van der Waals surface area contributed by atoms with Gasteiger partial charge in [0.05, 0.1) is 26.2 Å². The monoisotopic (exact) mass is 977 g/mol. The molecular formula is C33H37Mn2N4O13Rb2+. The van der Waals surface area contributed by atoms with Gasteiger partial charge in [0.15, 0.2) is 0 Å². The SMILES string of the molecule is CO.O.O.O.[Mn+3].[Mn+3].[O-]C(=NCCN=C([O-])c1ccccc1[O-])c1ccccc1[O-].[O-]C(=NCCN=C([O-])c1ccccc1[O-])c1ccccc1[O-].[OH3+].[Rb+].[Rb+]. The van der Waals surface area contributed by atoms with Crippen molar-refractivity contribution in [2.45, 2.75) is 0 Å². The molecule has 0 heterocycles. The van der Waals surface area contributed by atoms with Crippen LogP contribution in [0.25, 0.3) is 0 Å². The van der Waals surface area contributed by atoms with E-state index in [2.05, 4.69) is 20.0 Å². The molecule has 282 valence electrons. The number of hydrogen-bond acceptors (Lipinski definition) is 13. The molecule has 0 spiro atoms. The van der Waals surface area contributed by atoms with E-state index >= 15 is 0 Å². The Balaban J connectivity index is -0.000000137. The molecule has 0 amide bonds. The second kappa shape index (κ2) is 38.3. The second-order valence-electron chi connectivity index (χ2n) is 8.73. The fraction of sp³-hybridized carbons (Fsp3) is 0.152. The predicted molar refractivity (Wildman–Crippen MR) is 173 cm³/mol. The zero-order valence-electron chi connectivity index (χ0n) is 29.4. The van der Waals surface area contributed by atoms with Crippen LogP contribution in [0.3, 0.4) is 0 Å². The van der Waals surface area contributed by atoms with Crippen molar-refractivity contribution in [3.05, 3.63) is 119 Å². The third-order valence-electron chi connectivity index (χ3n) is 5.69. The Morgan fingerprint density at radius 2 is 0.556 bits per heavy atom. The number of nitrogens with zero attached hydrogens (tertiary/aromatic N) is 4. The third-order valence-corrected chi connectivity index (χ3v) is 5.69. The maximum Gasteiger partial charge on any atom is 3.00 e. The number of rotatable bonds is 10. The predicted octanol–water partition coefficient (Wildman–Crippen LogP) is -12.3. The van der Waals surface area contributed by atoms with E-state index in [-0.39, 0.29) is 221 Å². The molecule has 0 fully saturated rings. The van der Waals surface area contributed by atoms with Crippen LogP contribution in [0.4, 0.5) is 0 Å². The van der Waals surface area contributed by atoms with Crippen molar-refractivity contribution in [1.82, 2.24) is 0 Å². The van der Waals surface area contributed by atoms with Crippen LogP contribution in [0.5, 0.6) is 23.0 Å². The summed E-state index contributed by atoms with van der Waals surface area (Å²) in [6, 6.07) is 23.1. The molecule has 4 aromatic carbocycles. The van der Waals surface area contributed by atoms with E-state index in [0.29, 0.717) is 0 Å². The van der Waals surface area contributed by atoms with Gasteiger partial charge in [0, 0.05) is 7.11 Å². The average molecular weight is 978 g/mol. The third kappa shape index (κ3) is 23.5. The van der Waals surface area contributed by atoms with Crippen LogP contribution in [-0.2, 0) is 39.6 Å². The topological polar surface area (TPSA) is 382 Å². The number of benzene rings is 4. The number of aliphatic imine (C=N–C) groups is 4. The Bertz CT molecular complexity index is 1460. The first-order chi connectivity index (χ1) is 22.2. The standard InChI is InChI=1S/2C16H16N2O4.CH4O.2Mn.4H2O.2Rb/c2*19-13-7-3-1-5-11(13)15(21)17-9-10-18-16(22)12-6-2-4-8-14(12)20;1-2;;;;;;;;/h2*1-8,19-20H,9-10H2,(H,17,21)(H,18,22);2H,1H3;;;4*1H2;;/q;;;2*+3;;;;;2*+1/p-7. The van der Waals surface area contributed by atoms with Gasteiger partial charge in [-0.3, -0.25) is 20.0 Å². The second-order valence-corrected chi connectivity index (χ2v) is 8.73. The molecule has 0 bridgehead atoms. The summed E-state index contributed by atoms with van der Waals surface area (Å²) in [6.07, 6.45) is 0. The molecule has 0 aliphatic carbocycles. The van der Waals surface area contributed by atoms with E-state index in [1.165, 1.54) is 72.8 Å². The minimum atomic E-state index is -0.641. The number of para-hydroxylation sites is 4. The molecule has 54 heavy (non-hydrogen) atoms. The minimum Gasteiger partial charge on any atom is -0.872 e. The fourth-order valence-electron chi connectivity index (χ4n) is 3.52. The number of aliphatic hydroxyl groups is 1. The van der Waals surface area contributed by atoms with E-state index in [4.69, 9.17) is 5.11 Å². The molecule has 0 saturated heterocycles.